The second-order valence-electron chi connectivity index (χ2n) is 6.68. The third-order valence-electron chi connectivity index (χ3n) is 4.56. The number of hydrogen-bond acceptors (Lipinski definition) is 7. The summed E-state index contributed by atoms with van der Waals surface area (Å²) in [6, 6.07) is 13.1. The average molecular weight is 440 g/mol. The molecule has 0 atom stereocenters. The SMILES string of the molecule is OCCOCCn1ccc2ncnc(Nc3ccc(OCc4ccccn4)c(Cl)c3)c21. The summed E-state index contributed by atoms with van der Waals surface area (Å²) < 4.78 is 13.2. The molecule has 3 aromatic heterocycles. The minimum atomic E-state index is 0.00464. The first kappa shape index (κ1) is 21.0. The normalized spacial score (nSPS) is 11.0. The van der Waals surface area contributed by atoms with E-state index in [0.717, 1.165) is 22.4 Å². The molecule has 3 heterocycles. The van der Waals surface area contributed by atoms with E-state index in [2.05, 4.69) is 20.3 Å². The number of aromatic nitrogens is 4. The molecule has 9 heteroatoms. The van der Waals surface area contributed by atoms with E-state index in [9.17, 15) is 0 Å². The molecule has 0 spiro atoms. The van der Waals surface area contributed by atoms with Gasteiger partial charge in [0, 0.05) is 24.6 Å². The van der Waals surface area contributed by atoms with Crippen molar-refractivity contribution in [3.05, 3.63) is 71.9 Å². The van der Waals surface area contributed by atoms with Crippen LogP contribution in [0, 0.1) is 0 Å². The maximum atomic E-state index is 8.85. The molecule has 0 unspecified atom stereocenters. The van der Waals surface area contributed by atoms with Crippen LogP contribution >= 0.6 is 11.6 Å². The lowest BCUT2D eigenvalue weighted by Gasteiger charge is -2.12. The molecule has 0 aliphatic heterocycles. The van der Waals surface area contributed by atoms with Crippen molar-refractivity contribution in [1.29, 1.82) is 0 Å². The summed E-state index contributed by atoms with van der Waals surface area (Å²) in [5.74, 6) is 1.24. The zero-order chi connectivity index (χ0) is 21.5. The number of halogens is 1. The Labute approximate surface area is 184 Å². The highest BCUT2D eigenvalue weighted by molar-refractivity contribution is 6.32. The Morgan fingerprint density at radius 3 is 2.81 bits per heavy atom. The van der Waals surface area contributed by atoms with Crippen molar-refractivity contribution < 1.29 is 14.6 Å². The Morgan fingerprint density at radius 1 is 1.06 bits per heavy atom. The monoisotopic (exact) mass is 439 g/mol. The minimum absolute atomic E-state index is 0.00464. The molecule has 0 aliphatic carbocycles. The van der Waals surface area contributed by atoms with Crippen molar-refractivity contribution in [3.8, 4) is 5.75 Å². The summed E-state index contributed by atoms with van der Waals surface area (Å²) in [6.45, 7) is 1.75. The lowest BCUT2D eigenvalue weighted by atomic mass is 10.3. The number of hydrogen-bond donors (Lipinski definition) is 2. The Hall–Kier alpha value is -3.20. The largest absolute Gasteiger partial charge is 0.486 e. The molecule has 0 amide bonds. The van der Waals surface area contributed by atoms with Gasteiger partial charge in [-0.25, -0.2) is 9.97 Å². The van der Waals surface area contributed by atoms with Crippen LogP contribution < -0.4 is 10.1 Å². The molecule has 0 radical (unpaired) electrons. The van der Waals surface area contributed by atoms with Gasteiger partial charge in [-0.1, -0.05) is 17.7 Å². The molecule has 0 aliphatic rings. The number of nitrogens with one attached hydrogen (secondary N) is 1. The molecule has 0 bridgehead atoms. The van der Waals surface area contributed by atoms with Gasteiger partial charge in [0.25, 0.3) is 0 Å². The highest BCUT2D eigenvalue weighted by Crippen LogP contribution is 2.31. The summed E-state index contributed by atoms with van der Waals surface area (Å²) >= 11 is 6.43. The number of aliphatic hydroxyl groups excluding tert-OH is 1. The van der Waals surface area contributed by atoms with Gasteiger partial charge in [-0.15, -0.1) is 0 Å². The van der Waals surface area contributed by atoms with Gasteiger partial charge in [-0.2, -0.15) is 0 Å². The van der Waals surface area contributed by atoms with Crippen molar-refractivity contribution in [3.63, 3.8) is 0 Å². The van der Waals surface area contributed by atoms with Crippen LogP contribution in [0.1, 0.15) is 5.69 Å². The van der Waals surface area contributed by atoms with Crippen LogP contribution in [0.15, 0.2) is 61.2 Å². The maximum absolute atomic E-state index is 8.85. The van der Waals surface area contributed by atoms with Gasteiger partial charge in [-0.3, -0.25) is 4.98 Å². The van der Waals surface area contributed by atoms with Crippen molar-refractivity contribution in [2.24, 2.45) is 0 Å². The van der Waals surface area contributed by atoms with Crippen LogP contribution in [0.4, 0.5) is 11.5 Å². The third kappa shape index (κ3) is 5.29. The highest BCUT2D eigenvalue weighted by Gasteiger charge is 2.11. The van der Waals surface area contributed by atoms with Crippen molar-refractivity contribution >= 4 is 34.1 Å². The fourth-order valence-electron chi connectivity index (χ4n) is 3.11. The predicted octanol–water partition coefficient (Wildman–Crippen LogP) is 3.81. The number of pyridine rings is 1. The van der Waals surface area contributed by atoms with Gasteiger partial charge in [-0.05, 0) is 36.4 Å². The van der Waals surface area contributed by atoms with Crippen LogP contribution in [0.3, 0.4) is 0 Å². The Balaban J connectivity index is 1.48. The van der Waals surface area contributed by atoms with Crippen LogP contribution in [0.25, 0.3) is 11.0 Å². The summed E-state index contributed by atoms with van der Waals surface area (Å²) in [6.07, 6.45) is 5.18. The number of anilines is 2. The van der Waals surface area contributed by atoms with Crippen LogP contribution in [-0.2, 0) is 17.9 Å². The standard InChI is InChI=1S/C22H22ClN5O3/c23-18-13-16(4-5-20(18)31-14-17-3-1-2-7-24-17)27-22-21-19(25-15-26-22)6-8-28(21)9-11-30-12-10-29/h1-8,13,15,29H,9-12,14H2,(H,25,26,27). The van der Waals surface area contributed by atoms with Gasteiger partial charge >= 0.3 is 0 Å². The molecule has 8 nitrogen and oxygen atoms in total. The Bertz CT molecular complexity index is 1140. The van der Waals surface area contributed by atoms with Gasteiger partial charge in [0.2, 0.25) is 0 Å². The quantitative estimate of drug-likeness (QED) is 0.363. The van der Waals surface area contributed by atoms with Gasteiger partial charge in [0.1, 0.15) is 24.2 Å². The van der Waals surface area contributed by atoms with Gasteiger partial charge in [0.05, 0.1) is 36.1 Å². The average Bonchev–Trinajstić information content (AvgIpc) is 3.21. The minimum Gasteiger partial charge on any atom is -0.486 e. The Morgan fingerprint density at radius 2 is 2.00 bits per heavy atom. The van der Waals surface area contributed by atoms with E-state index in [-0.39, 0.29) is 6.61 Å². The van der Waals surface area contributed by atoms with E-state index < -0.39 is 0 Å². The first-order chi connectivity index (χ1) is 15.2. The molecule has 31 heavy (non-hydrogen) atoms. The molecule has 4 aromatic rings. The Kier molecular flexibility index (Phi) is 6.93. The lowest BCUT2D eigenvalue weighted by Crippen LogP contribution is -2.09. The number of rotatable bonds is 10. The fourth-order valence-corrected chi connectivity index (χ4v) is 3.34. The number of benzene rings is 1. The van der Waals surface area contributed by atoms with E-state index in [1.165, 1.54) is 6.33 Å². The second-order valence-corrected chi connectivity index (χ2v) is 7.09. The number of fused-ring (bicyclic) bond motifs is 1. The number of aliphatic hydroxyl groups is 1. The van der Waals surface area contributed by atoms with E-state index in [4.69, 9.17) is 26.2 Å². The molecule has 0 saturated carbocycles. The molecule has 4 rings (SSSR count). The van der Waals surface area contributed by atoms with Gasteiger partial charge < -0.3 is 24.5 Å². The molecule has 0 saturated heterocycles. The fraction of sp³-hybridized carbons (Fsp3) is 0.227. The van der Waals surface area contributed by atoms with Crippen molar-refractivity contribution in [1.82, 2.24) is 19.5 Å². The molecular weight excluding hydrogens is 418 g/mol. The molecule has 0 fully saturated rings. The third-order valence-corrected chi connectivity index (χ3v) is 4.85. The van der Waals surface area contributed by atoms with E-state index >= 15 is 0 Å². The zero-order valence-corrected chi connectivity index (χ0v) is 17.5. The predicted molar refractivity (Wildman–Crippen MR) is 119 cm³/mol. The molecular formula is C22H22ClN5O3. The first-order valence-electron chi connectivity index (χ1n) is 9.82. The van der Waals surface area contributed by atoms with Crippen LogP contribution in [0.2, 0.25) is 5.02 Å². The second kappa shape index (κ2) is 10.2. The van der Waals surface area contributed by atoms with Crippen LogP contribution in [0.5, 0.6) is 5.75 Å². The maximum Gasteiger partial charge on any atom is 0.158 e. The smallest absolute Gasteiger partial charge is 0.158 e. The molecule has 160 valence electrons. The zero-order valence-electron chi connectivity index (χ0n) is 16.7. The van der Waals surface area contributed by atoms with E-state index in [1.54, 1.807) is 12.3 Å². The lowest BCUT2D eigenvalue weighted by molar-refractivity contribution is 0.0875. The number of ether oxygens (including phenoxy) is 2. The first-order valence-corrected chi connectivity index (χ1v) is 10.2. The summed E-state index contributed by atoms with van der Waals surface area (Å²) in [5, 5.41) is 12.6. The van der Waals surface area contributed by atoms with E-state index in [0.29, 0.717) is 43.0 Å². The number of nitrogens with zero attached hydrogens (tertiary/aromatic N) is 4. The summed E-state index contributed by atoms with van der Waals surface area (Å²) in [7, 11) is 0. The molecule has 1 aromatic carbocycles. The van der Waals surface area contributed by atoms with Crippen molar-refractivity contribution in [2.75, 3.05) is 25.1 Å². The highest BCUT2D eigenvalue weighted by atomic mass is 35.5. The van der Waals surface area contributed by atoms with Crippen molar-refractivity contribution in [2.45, 2.75) is 13.2 Å². The molecule has 2 N–H and O–H groups in total. The van der Waals surface area contributed by atoms with Gasteiger partial charge in [0.15, 0.2) is 5.82 Å². The topological polar surface area (TPSA) is 94.3 Å². The summed E-state index contributed by atoms with van der Waals surface area (Å²) in [5.41, 5.74) is 3.29. The van der Waals surface area contributed by atoms with Crippen LogP contribution in [-0.4, -0.2) is 44.4 Å². The van der Waals surface area contributed by atoms with E-state index in [1.807, 2.05) is 47.2 Å². The summed E-state index contributed by atoms with van der Waals surface area (Å²) in [4.78, 5) is 13.0.